The summed E-state index contributed by atoms with van der Waals surface area (Å²) in [6, 6.07) is 30.0. The Labute approximate surface area is 241 Å². The topological polar surface area (TPSA) is 89.0 Å². The third kappa shape index (κ3) is 5.08. The van der Waals surface area contributed by atoms with Gasteiger partial charge < -0.3 is 19.0 Å². The predicted molar refractivity (Wildman–Crippen MR) is 162 cm³/mol. The van der Waals surface area contributed by atoms with Gasteiger partial charge in [-0.3, -0.25) is 4.79 Å². The summed E-state index contributed by atoms with van der Waals surface area (Å²) >= 11 is 0. The minimum absolute atomic E-state index is 0.229. The first-order valence-electron chi connectivity index (χ1n) is 13.4. The molecule has 6 rings (SSSR count). The molecule has 42 heavy (non-hydrogen) atoms. The molecule has 7 nitrogen and oxygen atoms in total. The number of carbonyl (C=O) groups is 2. The third-order valence-corrected chi connectivity index (χ3v) is 7.19. The van der Waals surface area contributed by atoms with E-state index in [-0.39, 0.29) is 11.5 Å². The van der Waals surface area contributed by atoms with Gasteiger partial charge in [-0.05, 0) is 65.0 Å². The van der Waals surface area contributed by atoms with Gasteiger partial charge in [0.05, 0.1) is 11.6 Å². The van der Waals surface area contributed by atoms with Gasteiger partial charge in [0.15, 0.2) is 0 Å². The molecule has 1 heterocycles. The molecule has 208 valence electrons. The number of carbonyl (C=O) groups excluding carboxylic acids is 1. The highest BCUT2D eigenvalue weighted by molar-refractivity contribution is 6.14. The standard InChI is InChI=1S/C35H27NO6/c1-21(37)41-25-12-8-22(9-13-25)20-40-26-14-17-27-23(18-26)10-15-31-33(28-6-4-5-7-29(28)35(38)39)30-16-11-24(36(2)3)19-32(30)42-34(27)31/h4-19H,20H2,1-3H3/p+1. The molecule has 1 aliphatic heterocycles. The van der Waals surface area contributed by atoms with Crippen LogP contribution in [0.4, 0.5) is 0 Å². The first kappa shape index (κ1) is 26.8. The molecule has 0 saturated carbocycles. The SMILES string of the molecule is CC(=O)Oc1ccc(COc2ccc3c(ccc4c(-c5ccccc5C(=O)O)c5ccc(=[N+](C)C)cc-5oc43)c2)cc1. The largest absolute Gasteiger partial charge is 0.489 e. The van der Waals surface area contributed by atoms with Crippen LogP contribution in [0.25, 0.3) is 44.2 Å². The van der Waals surface area contributed by atoms with E-state index in [4.69, 9.17) is 13.9 Å². The molecule has 1 aliphatic carbocycles. The lowest BCUT2D eigenvalue weighted by atomic mass is 9.90. The predicted octanol–water partition coefficient (Wildman–Crippen LogP) is 6.59. The van der Waals surface area contributed by atoms with Crippen LogP contribution >= 0.6 is 0 Å². The zero-order chi connectivity index (χ0) is 29.4. The molecule has 4 aromatic rings. The maximum absolute atomic E-state index is 12.2. The Hall–Kier alpha value is -5.43. The summed E-state index contributed by atoms with van der Waals surface area (Å²) in [6.45, 7) is 1.71. The summed E-state index contributed by atoms with van der Waals surface area (Å²) in [7, 11) is 3.93. The number of hydrogen-bond acceptors (Lipinski definition) is 5. The number of nitrogens with zero attached hydrogens (tertiary/aromatic N) is 1. The van der Waals surface area contributed by atoms with Crippen molar-refractivity contribution in [3.05, 3.63) is 114 Å². The number of aromatic carboxylic acids is 1. The normalized spacial score (nSPS) is 11.1. The molecule has 0 atom stereocenters. The van der Waals surface area contributed by atoms with E-state index in [1.807, 2.05) is 91.5 Å². The van der Waals surface area contributed by atoms with Crippen LogP contribution in [0, 0.1) is 0 Å². The van der Waals surface area contributed by atoms with E-state index in [2.05, 4.69) is 0 Å². The van der Waals surface area contributed by atoms with Gasteiger partial charge in [-0.2, -0.15) is 0 Å². The first-order chi connectivity index (χ1) is 20.3. The molecule has 0 amide bonds. The molecule has 7 heteroatoms. The van der Waals surface area contributed by atoms with E-state index in [1.165, 1.54) is 6.92 Å². The van der Waals surface area contributed by atoms with Gasteiger partial charge in [0, 0.05) is 34.9 Å². The van der Waals surface area contributed by atoms with Gasteiger partial charge in [-0.25, -0.2) is 9.37 Å². The van der Waals surface area contributed by atoms with Crippen LogP contribution in [-0.4, -0.2) is 31.1 Å². The summed E-state index contributed by atoms with van der Waals surface area (Å²) in [4.78, 5) is 23.4. The Bertz CT molecular complexity index is 2030. The minimum Gasteiger partial charge on any atom is -0.489 e. The van der Waals surface area contributed by atoms with Crippen LogP contribution in [0.2, 0.25) is 0 Å². The van der Waals surface area contributed by atoms with Crippen LogP contribution in [0.1, 0.15) is 22.8 Å². The van der Waals surface area contributed by atoms with Crippen molar-refractivity contribution in [1.82, 2.24) is 4.58 Å². The Morgan fingerprint density at radius 2 is 1.55 bits per heavy atom. The zero-order valence-electron chi connectivity index (χ0n) is 23.4. The molecular formula is C35H28NO6+. The lowest BCUT2D eigenvalue weighted by Gasteiger charge is -2.18. The quantitative estimate of drug-likeness (QED) is 0.0816. The van der Waals surface area contributed by atoms with Gasteiger partial charge in [-0.1, -0.05) is 36.4 Å². The fourth-order valence-corrected chi connectivity index (χ4v) is 5.18. The van der Waals surface area contributed by atoms with Crippen LogP contribution in [0.3, 0.4) is 0 Å². The summed E-state index contributed by atoms with van der Waals surface area (Å²) < 4.78 is 19.7. The second-order valence-corrected chi connectivity index (χ2v) is 10.3. The minimum atomic E-state index is -0.985. The molecule has 0 unspecified atom stereocenters. The molecule has 0 fully saturated rings. The molecule has 0 spiro atoms. The van der Waals surface area contributed by atoms with Crippen LogP contribution in [-0.2, 0) is 11.4 Å². The number of hydrogen-bond donors (Lipinski definition) is 1. The summed E-state index contributed by atoms with van der Waals surface area (Å²) in [6.07, 6.45) is 0. The second kappa shape index (κ2) is 10.9. The molecule has 4 aromatic carbocycles. The van der Waals surface area contributed by atoms with Crippen molar-refractivity contribution in [2.45, 2.75) is 13.5 Å². The van der Waals surface area contributed by atoms with Crippen LogP contribution in [0.15, 0.2) is 101 Å². The molecule has 0 bridgehead atoms. The second-order valence-electron chi connectivity index (χ2n) is 10.3. The molecule has 0 aromatic heterocycles. The number of carboxylic acid groups (broad SMARTS) is 1. The highest BCUT2D eigenvalue weighted by atomic mass is 16.5. The van der Waals surface area contributed by atoms with Gasteiger partial charge >= 0.3 is 11.9 Å². The van der Waals surface area contributed by atoms with E-state index in [0.29, 0.717) is 35.0 Å². The lowest BCUT2D eigenvalue weighted by Crippen LogP contribution is -2.21. The number of rotatable bonds is 6. The van der Waals surface area contributed by atoms with E-state index in [1.54, 1.807) is 24.3 Å². The van der Waals surface area contributed by atoms with Gasteiger partial charge in [0.2, 0.25) is 5.36 Å². The third-order valence-electron chi connectivity index (χ3n) is 7.19. The Morgan fingerprint density at radius 3 is 2.29 bits per heavy atom. The maximum atomic E-state index is 12.2. The van der Waals surface area contributed by atoms with E-state index in [9.17, 15) is 14.7 Å². The highest BCUT2D eigenvalue weighted by Gasteiger charge is 2.22. The number of benzene rings is 5. The maximum Gasteiger partial charge on any atom is 0.336 e. The van der Waals surface area contributed by atoms with Crippen molar-refractivity contribution in [1.29, 1.82) is 0 Å². The van der Waals surface area contributed by atoms with Gasteiger partial charge in [-0.15, -0.1) is 0 Å². The molecule has 0 radical (unpaired) electrons. The van der Waals surface area contributed by atoms with Crippen LogP contribution in [0.5, 0.6) is 11.5 Å². The van der Waals surface area contributed by atoms with Gasteiger partial charge in [0.1, 0.15) is 43.5 Å². The Balaban J connectivity index is 1.47. The molecular weight excluding hydrogens is 530 g/mol. The van der Waals surface area contributed by atoms with Crippen molar-refractivity contribution in [2.24, 2.45) is 0 Å². The molecule has 0 saturated heterocycles. The Morgan fingerprint density at radius 1 is 0.810 bits per heavy atom. The average molecular weight is 559 g/mol. The zero-order valence-corrected chi connectivity index (χ0v) is 23.4. The monoisotopic (exact) mass is 558 g/mol. The number of fused-ring (bicyclic) bond motifs is 4. The Kier molecular flexibility index (Phi) is 6.92. The summed E-state index contributed by atoms with van der Waals surface area (Å²) in [5, 5.41) is 13.6. The van der Waals surface area contributed by atoms with E-state index >= 15 is 0 Å². The summed E-state index contributed by atoms with van der Waals surface area (Å²) in [5.74, 6) is 0.495. The van der Waals surface area contributed by atoms with Gasteiger partial charge in [0.25, 0.3) is 0 Å². The lowest BCUT2D eigenvalue weighted by molar-refractivity contribution is -0.131. The summed E-state index contributed by atoms with van der Waals surface area (Å²) in [5.41, 5.74) is 4.11. The van der Waals surface area contributed by atoms with E-state index in [0.717, 1.165) is 38.2 Å². The molecule has 1 N–H and O–H groups in total. The van der Waals surface area contributed by atoms with Crippen molar-refractivity contribution >= 4 is 33.7 Å². The fraction of sp³-hybridized carbons (Fsp3) is 0.114. The average Bonchev–Trinajstić information content (AvgIpc) is 2.98. The fourth-order valence-electron chi connectivity index (χ4n) is 5.18. The highest BCUT2D eigenvalue weighted by Crippen LogP contribution is 2.43. The number of esters is 1. The number of ether oxygens (including phenoxy) is 2. The van der Waals surface area contributed by atoms with Crippen molar-refractivity contribution in [3.8, 4) is 33.9 Å². The smallest absolute Gasteiger partial charge is 0.336 e. The number of carboxylic acids is 1. The van der Waals surface area contributed by atoms with Crippen molar-refractivity contribution in [3.63, 3.8) is 0 Å². The molecule has 2 aliphatic rings. The van der Waals surface area contributed by atoms with Crippen LogP contribution < -0.4 is 19.4 Å². The van der Waals surface area contributed by atoms with Crippen molar-refractivity contribution < 1.29 is 28.6 Å². The van der Waals surface area contributed by atoms with E-state index < -0.39 is 5.97 Å². The first-order valence-corrected chi connectivity index (χ1v) is 13.4. The van der Waals surface area contributed by atoms with Crippen molar-refractivity contribution in [2.75, 3.05) is 14.1 Å².